The molecule has 0 heterocycles. The zero-order valence-corrected chi connectivity index (χ0v) is 23.1. The first-order valence-electron chi connectivity index (χ1n) is 12.9. The SMILES string of the molecule is CCCCCCCCCCCC[AsH]C(=O)c1cccc(CN(Cc2ccccc2)C(=O)C(=O)O)c1. The van der Waals surface area contributed by atoms with E-state index in [1.54, 1.807) is 0 Å². The molecule has 0 aliphatic carbocycles. The standard InChI is InChI=1S/C29H40AsNO4/c1-2-3-4-5-6-7-8-9-10-14-20-30-27(32)26-19-15-18-25(21-26)23-31(28(33)29(34)35)22-24-16-12-11-13-17-24/h11-13,15-19,21,30H,2-10,14,20,22-23H2,1H3,(H,34,35). The summed E-state index contributed by atoms with van der Waals surface area (Å²) in [6.45, 7) is 2.60. The molecular formula is C29H40AsNO4. The Bertz CT molecular complexity index is 916. The number of carbonyl (C=O) groups is 3. The van der Waals surface area contributed by atoms with Crippen molar-refractivity contribution in [2.75, 3.05) is 0 Å². The first kappa shape index (κ1) is 28.8. The molecule has 5 nitrogen and oxygen atoms in total. The molecule has 1 amide bonds. The van der Waals surface area contributed by atoms with E-state index in [1.807, 2.05) is 54.6 Å². The minimum atomic E-state index is -1.48. The van der Waals surface area contributed by atoms with Gasteiger partial charge in [-0.25, -0.2) is 0 Å². The van der Waals surface area contributed by atoms with E-state index in [4.69, 9.17) is 0 Å². The predicted octanol–water partition coefficient (Wildman–Crippen LogP) is 6.22. The van der Waals surface area contributed by atoms with Gasteiger partial charge in [0.25, 0.3) is 0 Å². The zero-order valence-electron chi connectivity index (χ0n) is 21.0. The maximum atomic E-state index is 12.8. The molecular weight excluding hydrogens is 501 g/mol. The van der Waals surface area contributed by atoms with E-state index in [0.717, 1.165) is 22.8 Å². The molecule has 0 radical (unpaired) electrons. The fourth-order valence-electron chi connectivity index (χ4n) is 4.09. The Morgan fingerprint density at radius 3 is 1.94 bits per heavy atom. The molecule has 0 aliphatic rings. The van der Waals surface area contributed by atoms with E-state index in [1.165, 1.54) is 62.7 Å². The Hall–Kier alpha value is -2.39. The topological polar surface area (TPSA) is 74.7 Å². The van der Waals surface area contributed by atoms with Crippen molar-refractivity contribution in [3.8, 4) is 0 Å². The summed E-state index contributed by atoms with van der Waals surface area (Å²) in [6, 6.07) is 16.6. The van der Waals surface area contributed by atoms with Gasteiger partial charge >= 0.3 is 217 Å². The van der Waals surface area contributed by atoms with Gasteiger partial charge in [0.2, 0.25) is 0 Å². The molecule has 2 aromatic rings. The molecule has 6 heteroatoms. The molecule has 35 heavy (non-hydrogen) atoms. The van der Waals surface area contributed by atoms with Gasteiger partial charge in [-0.1, -0.05) is 0 Å². The van der Waals surface area contributed by atoms with Crippen LogP contribution < -0.4 is 0 Å². The van der Waals surface area contributed by atoms with E-state index in [2.05, 4.69) is 6.92 Å². The van der Waals surface area contributed by atoms with Crippen molar-refractivity contribution >= 4 is 32.2 Å². The quantitative estimate of drug-likeness (QED) is 0.147. The number of nitrogens with zero attached hydrogens (tertiary/aromatic N) is 1. The number of benzene rings is 2. The fourth-order valence-corrected chi connectivity index (χ4v) is 6.21. The van der Waals surface area contributed by atoms with Crippen LogP contribution in [-0.4, -0.2) is 42.2 Å². The third-order valence-electron chi connectivity index (χ3n) is 6.06. The number of rotatable bonds is 17. The first-order valence-corrected chi connectivity index (χ1v) is 15.5. The second-order valence-electron chi connectivity index (χ2n) is 9.09. The molecule has 2 aromatic carbocycles. The van der Waals surface area contributed by atoms with E-state index in [9.17, 15) is 19.5 Å². The molecule has 0 aliphatic heterocycles. The van der Waals surface area contributed by atoms with Gasteiger partial charge in [0.1, 0.15) is 0 Å². The number of hydrogen-bond donors (Lipinski definition) is 1. The number of amides is 1. The summed E-state index contributed by atoms with van der Waals surface area (Å²) >= 11 is -0.712. The second-order valence-corrected chi connectivity index (χ2v) is 11.8. The molecule has 1 unspecified atom stereocenters. The summed E-state index contributed by atoms with van der Waals surface area (Å²) in [5.74, 6) is -2.42. The molecule has 0 saturated carbocycles. The fraction of sp³-hybridized carbons (Fsp3) is 0.483. The van der Waals surface area contributed by atoms with Crippen molar-refractivity contribution < 1.29 is 19.5 Å². The molecule has 0 aromatic heterocycles. The van der Waals surface area contributed by atoms with Crippen molar-refractivity contribution in [2.45, 2.75) is 89.4 Å². The van der Waals surface area contributed by atoms with Crippen LogP contribution in [0.2, 0.25) is 5.21 Å². The molecule has 0 bridgehead atoms. The summed E-state index contributed by atoms with van der Waals surface area (Å²) < 4.78 is 0.224. The van der Waals surface area contributed by atoms with Crippen LogP contribution in [-0.2, 0) is 22.7 Å². The van der Waals surface area contributed by atoms with E-state index in [-0.39, 0.29) is 17.7 Å². The summed E-state index contributed by atoms with van der Waals surface area (Å²) in [5, 5.41) is 10.3. The van der Waals surface area contributed by atoms with E-state index >= 15 is 0 Å². The maximum absolute atomic E-state index is 12.8. The van der Waals surface area contributed by atoms with Crippen molar-refractivity contribution in [3.05, 3.63) is 71.3 Å². The van der Waals surface area contributed by atoms with Crippen molar-refractivity contribution in [2.24, 2.45) is 0 Å². The predicted molar refractivity (Wildman–Crippen MR) is 143 cm³/mol. The van der Waals surface area contributed by atoms with Crippen LogP contribution >= 0.6 is 0 Å². The van der Waals surface area contributed by atoms with Gasteiger partial charge in [0.05, 0.1) is 0 Å². The summed E-state index contributed by atoms with van der Waals surface area (Å²) in [4.78, 5) is 37.7. The number of hydrogen-bond acceptors (Lipinski definition) is 3. The van der Waals surface area contributed by atoms with Crippen molar-refractivity contribution in [3.63, 3.8) is 0 Å². The van der Waals surface area contributed by atoms with Gasteiger partial charge in [-0.2, -0.15) is 0 Å². The van der Waals surface area contributed by atoms with Gasteiger partial charge in [0.15, 0.2) is 0 Å². The van der Waals surface area contributed by atoms with Crippen LogP contribution in [0.5, 0.6) is 0 Å². The molecule has 0 fully saturated rings. The van der Waals surface area contributed by atoms with E-state index in [0.29, 0.717) is 5.56 Å². The van der Waals surface area contributed by atoms with Gasteiger partial charge in [-0.3, -0.25) is 0 Å². The summed E-state index contributed by atoms with van der Waals surface area (Å²) in [5.41, 5.74) is 2.31. The number of carboxylic acid groups (broad SMARTS) is 1. The average Bonchev–Trinajstić information content (AvgIpc) is 2.87. The zero-order chi connectivity index (χ0) is 25.3. The average molecular weight is 542 g/mol. The number of carboxylic acids is 1. The monoisotopic (exact) mass is 541 g/mol. The molecule has 0 saturated heterocycles. The van der Waals surface area contributed by atoms with Crippen LogP contribution in [0.3, 0.4) is 0 Å². The van der Waals surface area contributed by atoms with Crippen LogP contribution in [0, 0.1) is 0 Å². The van der Waals surface area contributed by atoms with Crippen molar-refractivity contribution in [1.82, 2.24) is 4.90 Å². The summed E-state index contributed by atoms with van der Waals surface area (Å²) in [7, 11) is 0. The van der Waals surface area contributed by atoms with Gasteiger partial charge in [-0.15, -0.1) is 0 Å². The number of carbonyl (C=O) groups excluding carboxylic acids is 2. The molecule has 1 atom stereocenters. The number of unbranched alkanes of at least 4 members (excludes halogenated alkanes) is 9. The Morgan fingerprint density at radius 2 is 1.31 bits per heavy atom. The van der Waals surface area contributed by atoms with Gasteiger partial charge in [0, 0.05) is 0 Å². The molecule has 190 valence electrons. The van der Waals surface area contributed by atoms with Gasteiger partial charge in [-0.05, 0) is 0 Å². The van der Waals surface area contributed by atoms with Crippen LogP contribution in [0.4, 0.5) is 0 Å². The summed E-state index contributed by atoms with van der Waals surface area (Å²) in [6.07, 6.45) is 13.0. The van der Waals surface area contributed by atoms with Crippen LogP contribution in [0.25, 0.3) is 0 Å². The Balaban J connectivity index is 1.78. The first-order chi connectivity index (χ1) is 17.0. The molecule has 0 spiro atoms. The minimum absolute atomic E-state index is 0.152. The van der Waals surface area contributed by atoms with Crippen molar-refractivity contribution in [1.29, 1.82) is 0 Å². The Labute approximate surface area is 217 Å². The van der Waals surface area contributed by atoms with Crippen LogP contribution in [0.1, 0.15) is 92.6 Å². The molecule has 2 rings (SSSR count). The Kier molecular flexibility index (Phi) is 14.1. The number of aliphatic carboxylic acids is 1. The van der Waals surface area contributed by atoms with Crippen LogP contribution in [0.15, 0.2) is 54.6 Å². The van der Waals surface area contributed by atoms with E-state index < -0.39 is 27.6 Å². The second kappa shape index (κ2) is 17.1. The third-order valence-corrected chi connectivity index (χ3v) is 8.61. The van der Waals surface area contributed by atoms with Gasteiger partial charge < -0.3 is 0 Å². The Morgan fingerprint density at radius 1 is 0.743 bits per heavy atom. The molecule has 1 N–H and O–H groups in total. The third kappa shape index (κ3) is 11.7. The normalized spacial score (nSPS) is 11.1.